The van der Waals surface area contributed by atoms with Gasteiger partial charge in [-0.15, -0.1) is 11.6 Å². The molecule has 0 aliphatic rings. The SMILES string of the molecule is Cc1cc(C#N)c(O)c(C(=O)CCl)c1. The molecule has 72 valence electrons. The Balaban J connectivity index is 3.38. The van der Waals surface area contributed by atoms with E-state index in [0.29, 0.717) is 0 Å². The second kappa shape index (κ2) is 4.12. The van der Waals surface area contributed by atoms with E-state index in [-0.39, 0.29) is 28.5 Å². The van der Waals surface area contributed by atoms with Gasteiger partial charge in [0, 0.05) is 0 Å². The van der Waals surface area contributed by atoms with Crippen LogP contribution in [0.25, 0.3) is 0 Å². The number of nitriles is 1. The molecule has 1 aromatic carbocycles. The summed E-state index contributed by atoms with van der Waals surface area (Å²) in [5.41, 5.74) is 0.947. The molecule has 0 heterocycles. The zero-order chi connectivity index (χ0) is 10.7. The Morgan fingerprint density at radius 3 is 2.79 bits per heavy atom. The van der Waals surface area contributed by atoms with Crippen molar-refractivity contribution in [2.75, 3.05) is 5.88 Å². The van der Waals surface area contributed by atoms with Crippen molar-refractivity contribution in [1.82, 2.24) is 0 Å². The number of rotatable bonds is 2. The molecular weight excluding hydrogens is 202 g/mol. The van der Waals surface area contributed by atoms with E-state index < -0.39 is 0 Å². The number of hydrogen-bond donors (Lipinski definition) is 1. The van der Waals surface area contributed by atoms with Crippen LogP contribution in [0.5, 0.6) is 5.75 Å². The zero-order valence-corrected chi connectivity index (χ0v) is 8.30. The second-order valence-electron chi connectivity index (χ2n) is 2.88. The van der Waals surface area contributed by atoms with Gasteiger partial charge in [0.25, 0.3) is 0 Å². The lowest BCUT2D eigenvalue weighted by molar-refractivity contribution is 0.101. The van der Waals surface area contributed by atoms with Crippen LogP contribution in [0.2, 0.25) is 0 Å². The summed E-state index contributed by atoms with van der Waals surface area (Å²) in [5, 5.41) is 18.2. The Morgan fingerprint density at radius 2 is 2.29 bits per heavy atom. The second-order valence-corrected chi connectivity index (χ2v) is 3.14. The summed E-state index contributed by atoms with van der Waals surface area (Å²) in [4.78, 5) is 11.3. The average Bonchev–Trinajstić information content (AvgIpc) is 2.19. The fraction of sp³-hybridized carbons (Fsp3) is 0.200. The van der Waals surface area contributed by atoms with Gasteiger partial charge in [0.2, 0.25) is 0 Å². The number of aromatic hydroxyl groups is 1. The highest BCUT2D eigenvalue weighted by molar-refractivity contribution is 6.30. The van der Waals surface area contributed by atoms with Gasteiger partial charge in [-0.05, 0) is 24.6 Å². The quantitative estimate of drug-likeness (QED) is 0.599. The van der Waals surface area contributed by atoms with E-state index in [4.69, 9.17) is 16.9 Å². The van der Waals surface area contributed by atoms with E-state index in [1.165, 1.54) is 12.1 Å². The van der Waals surface area contributed by atoms with Gasteiger partial charge < -0.3 is 5.11 Å². The molecule has 0 saturated carbocycles. The first kappa shape index (κ1) is 10.6. The van der Waals surface area contributed by atoms with Crippen LogP contribution in [0.15, 0.2) is 12.1 Å². The molecule has 0 aliphatic carbocycles. The summed E-state index contributed by atoms with van der Waals surface area (Å²) in [7, 11) is 0. The van der Waals surface area contributed by atoms with Crippen molar-refractivity contribution in [2.45, 2.75) is 6.92 Å². The van der Waals surface area contributed by atoms with Crippen molar-refractivity contribution in [3.63, 3.8) is 0 Å². The first-order valence-electron chi connectivity index (χ1n) is 3.93. The van der Waals surface area contributed by atoms with Gasteiger partial charge in [-0.2, -0.15) is 5.26 Å². The molecule has 0 unspecified atom stereocenters. The van der Waals surface area contributed by atoms with Crippen molar-refractivity contribution in [3.05, 3.63) is 28.8 Å². The van der Waals surface area contributed by atoms with Crippen LogP contribution < -0.4 is 0 Å². The van der Waals surface area contributed by atoms with Crippen molar-refractivity contribution >= 4 is 17.4 Å². The van der Waals surface area contributed by atoms with E-state index in [9.17, 15) is 9.90 Å². The number of nitrogens with zero attached hydrogens (tertiary/aromatic N) is 1. The number of carbonyl (C=O) groups is 1. The van der Waals surface area contributed by atoms with Crippen LogP contribution in [-0.2, 0) is 0 Å². The maximum atomic E-state index is 11.3. The maximum absolute atomic E-state index is 11.3. The third-order valence-electron chi connectivity index (χ3n) is 1.80. The van der Waals surface area contributed by atoms with Gasteiger partial charge in [-0.25, -0.2) is 0 Å². The van der Waals surface area contributed by atoms with Crippen LogP contribution in [-0.4, -0.2) is 16.8 Å². The van der Waals surface area contributed by atoms with Gasteiger partial charge in [0.05, 0.1) is 17.0 Å². The predicted molar refractivity (Wildman–Crippen MR) is 52.6 cm³/mol. The lowest BCUT2D eigenvalue weighted by Gasteiger charge is -2.04. The third kappa shape index (κ3) is 1.86. The highest BCUT2D eigenvalue weighted by atomic mass is 35.5. The number of aryl methyl sites for hydroxylation is 1. The fourth-order valence-corrected chi connectivity index (χ4v) is 1.29. The standard InChI is InChI=1S/C10H8ClNO2/c1-6-2-7(5-12)10(14)8(3-6)9(13)4-11/h2-3,14H,4H2,1H3. The molecule has 1 aromatic rings. The summed E-state index contributed by atoms with van der Waals surface area (Å²) in [6.45, 7) is 1.74. The Kier molecular flexibility index (Phi) is 3.10. The van der Waals surface area contributed by atoms with E-state index >= 15 is 0 Å². The highest BCUT2D eigenvalue weighted by Crippen LogP contribution is 2.24. The van der Waals surface area contributed by atoms with Crippen molar-refractivity contribution in [2.24, 2.45) is 0 Å². The van der Waals surface area contributed by atoms with Gasteiger partial charge in [0.1, 0.15) is 11.8 Å². The first-order chi connectivity index (χ1) is 6.60. The normalized spacial score (nSPS) is 9.50. The van der Waals surface area contributed by atoms with E-state index in [1.54, 1.807) is 6.92 Å². The molecule has 0 amide bonds. The van der Waals surface area contributed by atoms with Crippen LogP contribution in [0.1, 0.15) is 21.5 Å². The summed E-state index contributed by atoms with van der Waals surface area (Å²) < 4.78 is 0. The summed E-state index contributed by atoms with van der Waals surface area (Å²) in [6.07, 6.45) is 0. The molecule has 1 rings (SSSR count). The Hall–Kier alpha value is -1.53. The van der Waals surface area contributed by atoms with Crippen molar-refractivity contribution < 1.29 is 9.90 Å². The molecule has 0 saturated heterocycles. The Bertz CT molecular complexity index is 421. The summed E-state index contributed by atoms with van der Waals surface area (Å²) in [6, 6.07) is 4.84. The molecule has 0 spiro atoms. The topological polar surface area (TPSA) is 61.1 Å². The highest BCUT2D eigenvalue weighted by Gasteiger charge is 2.14. The molecule has 0 aromatic heterocycles. The maximum Gasteiger partial charge on any atom is 0.181 e. The van der Waals surface area contributed by atoms with E-state index in [1.807, 2.05) is 6.07 Å². The molecule has 3 nitrogen and oxygen atoms in total. The number of phenolic OH excluding ortho intramolecular Hbond substituents is 1. The lowest BCUT2D eigenvalue weighted by Crippen LogP contribution is -2.02. The van der Waals surface area contributed by atoms with E-state index in [2.05, 4.69) is 0 Å². The summed E-state index contributed by atoms with van der Waals surface area (Å²) in [5.74, 6) is -0.880. The van der Waals surface area contributed by atoms with Crippen molar-refractivity contribution in [3.8, 4) is 11.8 Å². The number of ketones is 1. The first-order valence-corrected chi connectivity index (χ1v) is 4.46. The van der Waals surface area contributed by atoms with Gasteiger partial charge >= 0.3 is 0 Å². The molecule has 0 fully saturated rings. The molecule has 4 heteroatoms. The van der Waals surface area contributed by atoms with Crippen LogP contribution in [0.3, 0.4) is 0 Å². The van der Waals surface area contributed by atoms with Crippen LogP contribution in [0.4, 0.5) is 0 Å². The van der Waals surface area contributed by atoms with Crippen LogP contribution >= 0.6 is 11.6 Å². The molecule has 0 radical (unpaired) electrons. The number of Topliss-reactive ketones (excluding diaryl/α,β-unsaturated/α-hetero) is 1. The third-order valence-corrected chi connectivity index (χ3v) is 2.04. The van der Waals surface area contributed by atoms with E-state index in [0.717, 1.165) is 5.56 Å². The zero-order valence-electron chi connectivity index (χ0n) is 7.54. The Labute approximate surface area is 86.5 Å². The molecular formula is C10H8ClNO2. The number of benzene rings is 1. The Morgan fingerprint density at radius 1 is 1.64 bits per heavy atom. The fourth-order valence-electron chi connectivity index (χ4n) is 1.15. The van der Waals surface area contributed by atoms with Gasteiger partial charge in [-0.1, -0.05) is 0 Å². The molecule has 0 bridgehead atoms. The minimum atomic E-state index is -0.385. The minimum Gasteiger partial charge on any atom is -0.506 e. The average molecular weight is 210 g/mol. The summed E-state index contributed by atoms with van der Waals surface area (Å²) >= 11 is 5.36. The number of halogens is 1. The number of hydrogen-bond acceptors (Lipinski definition) is 3. The van der Waals surface area contributed by atoms with Crippen molar-refractivity contribution in [1.29, 1.82) is 5.26 Å². The lowest BCUT2D eigenvalue weighted by atomic mass is 10.0. The molecule has 0 atom stereocenters. The number of alkyl halides is 1. The molecule has 14 heavy (non-hydrogen) atoms. The van der Waals surface area contributed by atoms with Gasteiger partial charge in [0.15, 0.2) is 5.78 Å². The minimum absolute atomic E-state index is 0.0958. The molecule has 1 N–H and O–H groups in total. The molecule has 0 aliphatic heterocycles. The number of carbonyl (C=O) groups excluding carboxylic acids is 1. The van der Waals surface area contributed by atoms with Gasteiger partial charge in [-0.3, -0.25) is 4.79 Å². The largest absolute Gasteiger partial charge is 0.506 e. The number of phenols is 1. The van der Waals surface area contributed by atoms with Crippen LogP contribution in [0, 0.1) is 18.3 Å². The smallest absolute Gasteiger partial charge is 0.181 e. The monoisotopic (exact) mass is 209 g/mol. The predicted octanol–water partition coefficient (Wildman–Crippen LogP) is 1.99.